The Morgan fingerprint density at radius 2 is 1.57 bits per heavy atom. The largest absolute Gasteiger partial charge is 0.411 e. The van der Waals surface area contributed by atoms with Gasteiger partial charge in [0.2, 0.25) is 11.8 Å². The number of hydrogen-bond donors (Lipinski definition) is 1. The number of nitrogens with zero attached hydrogens (tertiary/aromatic N) is 2. The van der Waals surface area contributed by atoms with Crippen molar-refractivity contribution in [1.29, 1.82) is 0 Å². The maximum atomic E-state index is 12.8. The fourth-order valence-corrected chi connectivity index (χ4v) is 4.27. The average molecular weight is 434 g/mol. The summed E-state index contributed by atoms with van der Waals surface area (Å²) in [7, 11) is 0. The molecule has 1 amide bonds. The van der Waals surface area contributed by atoms with Crippen molar-refractivity contribution in [2.75, 3.05) is 5.32 Å². The number of amides is 1. The van der Waals surface area contributed by atoms with E-state index in [-0.39, 0.29) is 5.91 Å². The highest BCUT2D eigenvalue weighted by Crippen LogP contribution is 2.34. The van der Waals surface area contributed by atoms with Crippen LogP contribution in [0.2, 0.25) is 0 Å². The highest BCUT2D eigenvalue weighted by atomic mass is 32.2. The van der Waals surface area contributed by atoms with Gasteiger partial charge in [0, 0.05) is 15.4 Å². The normalized spacial score (nSPS) is 11.8. The Bertz CT molecular complexity index is 1120. The summed E-state index contributed by atoms with van der Waals surface area (Å²) in [5, 5.41) is 11.1. The van der Waals surface area contributed by atoms with E-state index < -0.39 is 5.25 Å². The third kappa shape index (κ3) is 5.11. The third-order valence-corrected chi connectivity index (χ3v) is 6.21. The fourth-order valence-electron chi connectivity index (χ4n) is 2.67. The Morgan fingerprint density at radius 1 is 0.900 bits per heavy atom. The van der Waals surface area contributed by atoms with Crippen molar-refractivity contribution in [2.45, 2.75) is 27.2 Å². The van der Waals surface area contributed by atoms with Crippen molar-refractivity contribution in [1.82, 2.24) is 10.2 Å². The van der Waals surface area contributed by atoms with Crippen LogP contribution >= 0.6 is 23.5 Å². The van der Waals surface area contributed by atoms with E-state index in [2.05, 4.69) is 15.5 Å². The van der Waals surface area contributed by atoms with E-state index in [9.17, 15) is 4.79 Å². The quantitative estimate of drug-likeness (QED) is 0.360. The number of carbonyl (C=O) groups is 1. The van der Waals surface area contributed by atoms with Gasteiger partial charge in [-0.1, -0.05) is 72.1 Å². The Labute approximate surface area is 183 Å². The summed E-state index contributed by atoms with van der Waals surface area (Å²) >= 11 is 2.85. The molecule has 0 fully saturated rings. The summed E-state index contributed by atoms with van der Waals surface area (Å²) in [6, 6.07) is 27.4. The molecule has 0 bridgehead atoms. The summed E-state index contributed by atoms with van der Waals surface area (Å²) in [6.45, 7) is 1.82. The highest BCUT2D eigenvalue weighted by Gasteiger charge is 2.20. The molecule has 0 aliphatic carbocycles. The number of aromatic nitrogens is 2. The van der Waals surface area contributed by atoms with E-state index in [1.54, 1.807) is 11.8 Å². The molecule has 0 aliphatic heterocycles. The topological polar surface area (TPSA) is 68.0 Å². The SMILES string of the molecule is C[C@@H](Sc1nnc(-c2ccccc2)o1)C(=O)Nc1ccccc1Sc1ccccc1. The second-order valence-electron chi connectivity index (χ2n) is 6.40. The number of para-hydroxylation sites is 1. The van der Waals surface area contributed by atoms with Gasteiger partial charge in [0.05, 0.1) is 10.9 Å². The molecular formula is C23H19N3O2S2. The van der Waals surface area contributed by atoms with Gasteiger partial charge < -0.3 is 9.73 Å². The average Bonchev–Trinajstić information content (AvgIpc) is 3.25. The Kier molecular flexibility index (Phi) is 6.51. The van der Waals surface area contributed by atoms with Gasteiger partial charge >= 0.3 is 0 Å². The van der Waals surface area contributed by atoms with E-state index in [4.69, 9.17) is 4.42 Å². The van der Waals surface area contributed by atoms with Crippen molar-refractivity contribution in [3.05, 3.63) is 84.9 Å². The summed E-state index contributed by atoms with van der Waals surface area (Å²) in [4.78, 5) is 14.9. The van der Waals surface area contributed by atoms with Crippen molar-refractivity contribution in [3.8, 4) is 11.5 Å². The van der Waals surface area contributed by atoms with Crippen LogP contribution in [0.5, 0.6) is 0 Å². The molecule has 0 radical (unpaired) electrons. The number of hydrogen-bond acceptors (Lipinski definition) is 6. The minimum absolute atomic E-state index is 0.124. The molecule has 3 aromatic carbocycles. The Hall–Kier alpha value is -3.03. The molecule has 4 aromatic rings. The zero-order valence-electron chi connectivity index (χ0n) is 16.2. The third-order valence-electron chi connectivity index (χ3n) is 4.19. The smallest absolute Gasteiger partial charge is 0.277 e. The molecule has 0 saturated heterocycles. The fraction of sp³-hybridized carbons (Fsp3) is 0.0870. The molecule has 4 rings (SSSR count). The van der Waals surface area contributed by atoms with Gasteiger partial charge in [-0.3, -0.25) is 4.79 Å². The first-order chi connectivity index (χ1) is 14.7. The Morgan fingerprint density at radius 3 is 2.33 bits per heavy atom. The van der Waals surface area contributed by atoms with Crippen molar-refractivity contribution >= 4 is 35.1 Å². The monoisotopic (exact) mass is 433 g/mol. The van der Waals surface area contributed by atoms with Gasteiger partial charge in [-0.2, -0.15) is 0 Å². The first-order valence-corrected chi connectivity index (χ1v) is 11.1. The summed E-state index contributed by atoms with van der Waals surface area (Å²) in [5.74, 6) is 0.316. The van der Waals surface area contributed by atoms with Crippen LogP contribution in [-0.4, -0.2) is 21.4 Å². The predicted molar refractivity (Wildman–Crippen MR) is 121 cm³/mol. The van der Waals surface area contributed by atoms with Gasteiger partial charge in [0.25, 0.3) is 5.22 Å². The molecule has 1 N–H and O–H groups in total. The van der Waals surface area contributed by atoms with Crippen molar-refractivity contribution < 1.29 is 9.21 Å². The number of nitrogens with one attached hydrogen (secondary N) is 1. The minimum Gasteiger partial charge on any atom is -0.411 e. The van der Waals surface area contributed by atoms with E-state index in [1.807, 2.05) is 91.9 Å². The van der Waals surface area contributed by atoms with Crippen LogP contribution in [0.1, 0.15) is 6.92 Å². The lowest BCUT2D eigenvalue weighted by Crippen LogP contribution is -2.22. The number of carbonyl (C=O) groups excluding carboxylic acids is 1. The van der Waals surface area contributed by atoms with Crippen molar-refractivity contribution in [3.63, 3.8) is 0 Å². The number of rotatable bonds is 7. The molecule has 0 aliphatic rings. The van der Waals surface area contributed by atoms with Crippen LogP contribution in [-0.2, 0) is 4.79 Å². The number of anilines is 1. The summed E-state index contributed by atoms with van der Waals surface area (Å²) < 4.78 is 5.70. The van der Waals surface area contributed by atoms with E-state index in [1.165, 1.54) is 11.8 Å². The maximum absolute atomic E-state index is 12.8. The standard InChI is InChI=1S/C23H19N3O2S2/c1-16(29-23-26-25-22(28-23)17-10-4-2-5-11-17)21(27)24-19-14-8-9-15-20(19)30-18-12-6-3-7-13-18/h2-16H,1H3,(H,24,27)/t16-/m1/s1. The van der Waals surface area contributed by atoms with Gasteiger partial charge in [0.1, 0.15) is 0 Å². The maximum Gasteiger partial charge on any atom is 0.277 e. The first kappa shape index (κ1) is 20.3. The Balaban J connectivity index is 1.41. The van der Waals surface area contributed by atoms with Crippen molar-refractivity contribution in [2.24, 2.45) is 0 Å². The van der Waals surface area contributed by atoms with Crippen LogP contribution in [0.4, 0.5) is 5.69 Å². The minimum atomic E-state index is -0.399. The molecule has 7 heteroatoms. The zero-order valence-corrected chi connectivity index (χ0v) is 17.8. The van der Waals surface area contributed by atoms with Crippen LogP contribution in [0, 0.1) is 0 Å². The van der Waals surface area contributed by atoms with Crippen LogP contribution in [0.25, 0.3) is 11.5 Å². The van der Waals surface area contributed by atoms with E-state index in [0.29, 0.717) is 11.1 Å². The molecule has 0 spiro atoms. The van der Waals surface area contributed by atoms with E-state index >= 15 is 0 Å². The summed E-state index contributed by atoms with van der Waals surface area (Å²) in [5.41, 5.74) is 1.63. The molecule has 1 atom stereocenters. The van der Waals surface area contributed by atoms with Crippen LogP contribution < -0.4 is 5.32 Å². The first-order valence-electron chi connectivity index (χ1n) is 9.37. The second kappa shape index (κ2) is 9.65. The van der Waals surface area contributed by atoms with Gasteiger partial charge in [-0.15, -0.1) is 10.2 Å². The number of thioether (sulfide) groups is 1. The molecule has 0 unspecified atom stereocenters. The lowest BCUT2D eigenvalue weighted by molar-refractivity contribution is -0.115. The lowest BCUT2D eigenvalue weighted by atomic mass is 10.2. The van der Waals surface area contributed by atoms with Gasteiger partial charge in [0.15, 0.2) is 0 Å². The van der Waals surface area contributed by atoms with E-state index in [0.717, 1.165) is 21.0 Å². The molecule has 30 heavy (non-hydrogen) atoms. The number of benzene rings is 3. The predicted octanol–water partition coefficient (Wildman–Crippen LogP) is 6.01. The molecule has 5 nitrogen and oxygen atoms in total. The molecular weight excluding hydrogens is 414 g/mol. The molecule has 1 aromatic heterocycles. The van der Waals surface area contributed by atoms with Crippen LogP contribution in [0.3, 0.4) is 0 Å². The zero-order chi connectivity index (χ0) is 20.8. The van der Waals surface area contributed by atoms with Gasteiger partial charge in [-0.05, 0) is 43.3 Å². The highest BCUT2D eigenvalue weighted by molar-refractivity contribution is 8.00. The lowest BCUT2D eigenvalue weighted by Gasteiger charge is -2.13. The molecule has 1 heterocycles. The second-order valence-corrected chi connectivity index (χ2v) is 8.81. The molecule has 0 saturated carbocycles. The van der Waals surface area contributed by atoms with Crippen LogP contribution in [0.15, 0.2) is 104 Å². The molecule has 150 valence electrons. The van der Waals surface area contributed by atoms with Gasteiger partial charge in [-0.25, -0.2) is 0 Å². The summed E-state index contributed by atoms with van der Waals surface area (Å²) in [6.07, 6.45) is 0.